The zero-order valence-corrected chi connectivity index (χ0v) is 18.3. The largest absolute Gasteiger partial charge is 0.303 e. The lowest BCUT2D eigenvalue weighted by molar-refractivity contribution is 0.0841. The summed E-state index contributed by atoms with van der Waals surface area (Å²) in [4.78, 5) is 32.7. The minimum absolute atomic E-state index is 0.111. The van der Waals surface area contributed by atoms with Gasteiger partial charge in [0, 0.05) is 42.2 Å². The lowest BCUT2D eigenvalue weighted by atomic mass is 9.89. The molecule has 0 aliphatic carbocycles. The minimum atomic E-state index is 0.111. The Morgan fingerprint density at radius 3 is 2.59 bits per heavy atom. The molecule has 0 bridgehead atoms. The molecule has 2 aromatic rings. The third kappa shape index (κ3) is 4.51. The summed E-state index contributed by atoms with van der Waals surface area (Å²) in [7, 11) is 2.65. The Morgan fingerprint density at radius 2 is 1.86 bits per heavy atom. The second kappa shape index (κ2) is 8.89. The molecule has 1 atom stereocenters. The van der Waals surface area contributed by atoms with E-state index in [1.165, 1.54) is 0 Å². The van der Waals surface area contributed by atoms with Gasteiger partial charge in [-0.1, -0.05) is 24.3 Å². The minimum Gasteiger partial charge on any atom is -0.303 e. The maximum Gasteiger partial charge on any atom is 0.256 e. The van der Waals surface area contributed by atoms with Gasteiger partial charge < -0.3 is 4.90 Å². The molecule has 1 saturated heterocycles. The Labute approximate surface area is 174 Å². The summed E-state index contributed by atoms with van der Waals surface area (Å²) in [5.74, 6) is 1.33. The maximum absolute atomic E-state index is 12.9. The summed E-state index contributed by atoms with van der Waals surface area (Å²) >= 11 is 0. The van der Waals surface area contributed by atoms with E-state index in [-0.39, 0.29) is 17.3 Å². The van der Waals surface area contributed by atoms with E-state index >= 15 is 0 Å². The summed E-state index contributed by atoms with van der Waals surface area (Å²) in [6, 6.07) is 7.80. The van der Waals surface area contributed by atoms with Crippen molar-refractivity contribution in [3.8, 4) is 0 Å². The molecule has 0 amide bonds. The van der Waals surface area contributed by atoms with Crippen molar-refractivity contribution >= 4 is 20.3 Å². The van der Waals surface area contributed by atoms with Gasteiger partial charge in [-0.05, 0) is 57.4 Å². The normalized spacial score (nSPS) is 17.9. The monoisotopic (exact) mass is 411 g/mol. The van der Waals surface area contributed by atoms with E-state index in [0.717, 1.165) is 92.7 Å². The van der Waals surface area contributed by atoms with Crippen LogP contribution in [0.4, 0.5) is 0 Å². The van der Waals surface area contributed by atoms with E-state index in [1.807, 2.05) is 35.8 Å². The van der Waals surface area contributed by atoms with Gasteiger partial charge in [0.1, 0.15) is 5.82 Å². The van der Waals surface area contributed by atoms with E-state index in [4.69, 9.17) is 4.98 Å². The van der Waals surface area contributed by atoms with Crippen LogP contribution in [0.1, 0.15) is 53.1 Å². The molecule has 0 spiro atoms. The Bertz CT molecular complexity index is 944. The number of benzene rings is 1. The van der Waals surface area contributed by atoms with E-state index < -0.39 is 0 Å². The fourth-order valence-corrected chi connectivity index (χ4v) is 4.78. The van der Waals surface area contributed by atoms with Crippen LogP contribution in [0.25, 0.3) is 0 Å². The number of rotatable bonds is 5. The fourth-order valence-electron chi connectivity index (χ4n) is 4.59. The van der Waals surface area contributed by atoms with Gasteiger partial charge in [-0.25, -0.2) is 4.98 Å². The molecule has 0 saturated carbocycles. The average molecular weight is 411 g/mol. The number of ketones is 1. The molecule has 29 heavy (non-hydrogen) atoms. The highest BCUT2D eigenvalue weighted by Gasteiger charge is 2.26. The number of nitrogens with zero attached hydrogens (tertiary/aromatic N) is 3. The third-order valence-electron chi connectivity index (χ3n) is 6.41. The molecule has 1 aromatic carbocycles. The number of hydrogen-bond acceptors (Lipinski definition) is 4. The van der Waals surface area contributed by atoms with E-state index in [2.05, 4.69) is 14.1 Å². The number of aryl methyl sites for hydroxylation is 2. The zero-order valence-electron chi connectivity index (χ0n) is 17.2. The highest BCUT2D eigenvalue weighted by atomic mass is 31.0. The van der Waals surface area contributed by atoms with Crippen molar-refractivity contribution in [3.05, 3.63) is 57.3 Å². The second-order valence-corrected chi connectivity index (χ2v) is 9.02. The van der Waals surface area contributed by atoms with Gasteiger partial charge >= 0.3 is 0 Å². The number of carbonyl (C=O) groups excluding carboxylic acids is 1. The smallest absolute Gasteiger partial charge is 0.256 e. The number of hydrogen-bond donors (Lipinski definition) is 0. The van der Waals surface area contributed by atoms with Crippen molar-refractivity contribution in [2.75, 3.05) is 19.6 Å². The maximum atomic E-state index is 12.9. The van der Waals surface area contributed by atoms with Crippen LogP contribution >= 0.6 is 9.24 Å². The van der Waals surface area contributed by atoms with Crippen LogP contribution in [0.3, 0.4) is 0 Å². The SMILES string of the molecule is Cc1nc2n(c(=O)c1CCN1CCC(C(=O)c3ccc(P)cc3)CC1)CCCC2. The van der Waals surface area contributed by atoms with Crippen molar-refractivity contribution in [2.24, 2.45) is 5.92 Å². The van der Waals surface area contributed by atoms with Crippen molar-refractivity contribution in [1.29, 1.82) is 0 Å². The number of aromatic nitrogens is 2. The van der Waals surface area contributed by atoms with Gasteiger partial charge in [0.05, 0.1) is 0 Å². The molecule has 1 unspecified atom stereocenters. The van der Waals surface area contributed by atoms with Crippen LogP contribution in [-0.2, 0) is 19.4 Å². The first-order valence-electron chi connectivity index (χ1n) is 10.7. The molecule has 2 aliphatic rings. The van der Waals surface area contributed by atoms with Gasteiger partial charge in [0.2, 0.25) is 0 Å². The van der Waals surface area contributed by atoms with Crippen LogP contribution in [-0.4, -0.2) is 39.9 Å². The number of piperidine rings is 1. The Hall–Kier alpha value is -1.84. The zero-order chi connectivity index (χ0) is 20.4. The van der Waals surface area contributed by atoms with Crippen molar-refractivity contribution in [1.82, 2.24) is 14.5 Å². The topological polar surface area (TPSA) is 55.2 Å². The van der Waals surface area contributed by atoms with Gasteiger partial charge in [-0.3, -0.25) is 14.2 Å². The lowest BCUT2D eigenvalue weighted by Gasteiger charge is -2.31. The molecule has 0 radical (unpaired) electrons. The molecular weight excluding hydrogens is 381 g/mol. The van der Waals surface area contributed by atoms with Crippen molar-refractivity contribution in [2.45, 2.75) is 52.0 Å². The molecule has 0 N–H and O–H groups in total. The molecule has 5 nitrogen and oxygen atoms in total. The standard InChI is InChI=1S/C23H30N3O2P/c1-16-20(23(28)26-12-3-2-4-21(26)24-16)11-15-25-13-9-18(10-14-25)22(27)17-5-7-19(29)8-6-17/h5-8,18H,2-4,9-15,29H2,1H3. The number of carbonyl (C=O) groups is 1. The predicted molar refractivity (Wildman–Crippen MR) is 119 cm³/mol. The fraction of sp³-hybridized carbons (Fsp3) is 0.522. The van der Waals surface area contributed by atoms with E-state index in [1.54, 1.807) is 0 Å². The number of fused-ring (bicyclic) bond motifs is 1. The van der Waals surface area contributed by atoms with E-state index in [0.29, 0.717) is 0 Å². The van der Waals surface area contributed by atoms with Gasteiger partial charge in [-0.2, -0.15) is 0 Å². The van der Waals surface area contributed by atoms with Gasteiger partial charge in [0.15, 0.2) is 5.78 Å². The van der Waals surface area contributed by atoms with E-state index in [9.17, 15) is 9.59 Å². The van der Waals surface area contributed by atoms with Crippen LogP contribution in [0, 0.1) is 12.8 Å². The molecule has 1 aromatic heterocycles. The first-order chi connectivity index (χ1) is 14.0. The Kier molecular flexibility index (Phi) is 6.26. The van der Waals surface area contributed by atoms with Gasteiger partial charge in [-0.15, -0.1) is 9.24 Å². The highest BCUT2D eigenvalue weighted by molar-refractivity contribution is 7.27. The summed E-state index contributed by atoms with van der Waals surface area (Å²) in [6.45, 7) is 5.46. The molecule has 4 rings (SSSR count). The average Bonchev–Trinajstić information content (AvgIpc) is 2.74. The summed E-state index contributed by atoms with van der Waals surface area (Å²) in [5.41, 5.74) is 2.74. The van der Waals surface area contributed by atoms with Crippen molar-refractivity contribution in [3.63, 3.8) is 0 Å². The molecule has 2 aliphatic heterocycles. The summed E-state index contributed by atoms with van der Waals surface area (Å²) in [5, 5.41) is 1.10. The molecule has 154 valence electrons. The van der Waals surface area contributed by atoms with Crippen LogP contribution in [0.2, 0.25) is 0 Å². The number of Topliss-reactive ketones (excluding diaryl/α,β-unsaturated/α-hetero) is 1. The second-order valence-electron chi connectivity index (χ2n) is 8.36. The summed E-state index contributed by atoms with van der Waals surface area (Å²) < 4.78 is 1.89. The van der Waals surface area contributed by atoms with Crippen LogP contribution in [0.15, 0.2) is 29.1 Å². The molecule has 6 heteroatoms. The predicted octanol–water partition coefficient (Wildman–Crippen LogP) is 2.53. The summed E-state index contributed by atoms with van der Waals surface area (Å²) in [6.07, 6.45) is 5.63. The van der Waals surface area contributed by atoms with Crippen molar-refractivity contribution < 1.29 is 4.79 Å². The van der Waals surface area contributed by atoms with Gasteiger partial charge in [0.25, 0.3) is 5.56 Å². The Balaban J connectivity index is 1.34. The Morgan fingerprint density at radius 1 is 1.14 bits per heavy atom. The highest BCUT2D eigenvalue weighted by Crippen LogP contribution is 2.22. The quantitative estimate of drug-likeness (QED) is 0.561. The molecular formula is C23H30N3O2P. The first-order valence-corrected chi connectivity index (χ1v) is 11.3. The van der Waals surface area contributed by atoms with Crippen LogP contribution < -0.4 is 10.9 Å². The third-order valence-corrected chi connectivity index (χ3v) is 6.80. The molecule has 3 heterocycles. The number of likely N-dealkylation sites (tertiary alicyclic amines) is 1. The first kappa shape index (κ1) is 20.4. The molecule has 1 fully saturated rings. The van der Waals surface area contributed by atoms with Crippen LogP contribution in [0.5, 0.6) is 0 Å². The lowest BCUT2D eigenvalue weighted by Crippen LogP contribution is -2.39.